The van der Waals surface area contributed by atoms with Gasteiger partial charge in [0.25, 0.3) is 0 Å². The van der Waals surface area contributed by atoms with Crippen LogP contribution in [-0.4, -0.2) is 17.1 Å². The molecule has 3 nitrogen and oxygen atoms in total. The van der Waals surface area contributed by atoms with Crippen LogP contribution in [0.1, 0.15) is 0 Å². The molecule has 0 radical (unpaired) electrons. The zero-order valence-corrected chi connectivity index (χ0v) is 7.28. The lowest BCUT2D eigenvalue weighted by atomic mass is 10.2. The normalized spacial score (nSPS) is 10.2. The van der Waals surface area contributed by atoms with E-state index in [1.165, 1.54) is 0 Å². The smallest absolute Gasteiger partial charge is 0.165 e. The molecule has 2 N–H and O–H groups in total. The highest BCUT2D eigenvalue weighted by molar-refractivity contribution is 5.89. The van der Waals surface area contributed by atoms with Crippen molar-refractivity contribution in [3.63, 3.8) is 0 Å². The topological polar surface area (TPSA) is 45.2 Å². The number of nitrogens with one attached hydrogen (secondary N) is 1. The van der Waals surface area contributed by atoms with E-state index in [0.717, 1.165) is 5.39 Å². The Morgan fingerprint density at radius 2 is 2.15 bits per heavy atom. The van der Waals surface area contributed by atoms with E-state index in [1.54, 1.807) is 13.2 Å². The zero-order valence-electron chi connectivity index (χ0n) is 7.28. The molecule has 0 amide bonds. The second-order valence-electron chi connectivity index (χ2n) is 2.79. The number of nitrogens with zero attached hydrogens (tertiary/aromatic N) is 1. The van der Waals surface area contributed by atoms with E-state index in [1.807, 2.05) is 24.3 Å². The molecule has 0 aliphatic rings. The van der Waals surface area contributed by atoms with Crippen molar-refractivity contribution < 1.29 is 5.11 Å². The van der Waals surface area contributed by atoms with Gasteiger partial charge in [0.05, 0.1) is 5.69 Å². The molecule has 0 fully saturated rings. The van der Waals surface area contributed by atoms with Crippen molar-refractivity contribution >= 4 is 16.6 Å². The average molecular weight is 174 g/mol. The predicted octanol–water partition coefficient (Wildman–Crippen LogP) is 1.98. The van der Waals surface area contributed by atoms with Crippen molar-refractivity contribution in [2.45, 2.75) is 0 Å². The van der Waals surface area contributed by atoms with Crippen LogP contribution < -0.4 is 5.32 Å². The van der Waals surface area contributed by atoms with Crippen molar-refractivity contribution in [1.29, 1.82) is 0 Å². The van der Waals surface area contributed by atoms with Crippen molar-refractivity contribution in [2.75, 3.05) is 12.4 Å². The zero-order chi connectivity index (χ0) is 9.26. The lowest BCUT2D eigenvalue weighted by Crippen LogP contribution is -1.89. The second-order valence-corrected chi connectivity index (χ2v) is 2.79. The second kappa shape index (κ2) is 2.94. The van der Waals surface area contributed by atoms with Gasteiger partial charge in [-0.1, -0.05) is 12.1 Å². The minimum Gasteiger partial charge on any atom is -0.504 e. The summed E-state index contributed by atoms with van der Waals surface area (Å²) in [5.74, 6) is 0.209. The van der Waals surface area contributed by atoms with Crippen LogP contribution >= 0.6 is 0 Å². The number of pyridine rings is 1. The molecule has 0 bridgehead atoms. The highest BCUT2D eigenvalue weighted by Gasteiger charge is 2.04. The Labute approximate surface area is 76.0 Å². The van der Waals surface area contributed by atoms with Crippen LogP contribution in [0.5, 0.6) is 5.75 Å². The van der Waals surface area contributed by atoms with E-state index in [0.29, 0.717) is 11.2 Å². The largest absolute Gasteiger partial charge is 0.504 e. The molecule has 1 heterocycles. The standard InChI is InChI=1S/C10H10N2O/c1-11-8-5-4-7-3-2-6-12-9(7)10(8)13/h2-6,11,13H,1H3. The lowest BCUT2D eigenvalue weighted by molar-refractivity contribution is 0.482. The van der Waals surface area contributed by atoms with Crippen LogP contribution in [0.3, 0.4) is 0 Å². The third-order valence-corrected chi connectivity index (χ3v) is 2.02. The third kappa shape index (κ3) is 1.18. The highest BCUT2D eigenvalue weighted by atomic mass is 16.3. The maximum Gasteiger partial charge on any atom is 0.165 e. The molecule has 66 valence electrons. The van der Waals surface area contributed by atoms with Gasteiger partial charge >= 0.3 is 0 Å². The summed E-state index contributed by atoms with van der Waals surface area (Å²) in [6, 6.07) is 7.52. The van der Waals surface area contributed by atoms with Gasteiger partial charge in [-0.3, -0.25) is 4.98 Å². The summed E-state index contributed by atoms with van der Waals surface area (Å²) in [5, 5.41) is 13.6. The van der Waals surface area contributed by atoms with Crippen LogP contribution in [0.2, 0.25) is 0 Å². The number of aromatic hydroxyl groups is 1. The Hall–Kier alpha value is -1.77. The van der Waals surface area contributed by atoms with Gasteiger partial charge in [-0.2, -0.15) is 0 Å². The molecule has 0 spiro atoms. The van der Waals surface area contributed by atoms with Gasteiger partial charge in [-0.05, 0) is 12.1 Å². The Morgan fingerprint density at radius 1 is 1.31 bits per heavy atom. The van der Waals surface area contributed by atoms with Crippen LogP contribution in [0, 0.1) is 0 Å². The first kappa shape index (κ1) is 7.86. The molecule has 0 aliphatic heterocycles. The highest BCUT2D eigenvalue weighted by Crippen LogP contribution is 2.30. The molecular formula is C10H10N2O. The molecule has 3 heteroatoms. The number of phenols is 1. The van der Waals surface area contributed by atoms with Crippen LogP contribution in [0.4, 0.5) is 5.69 Å². The number of fused-ring (bicyclic) bond motifs is 1. The summed E-state index contributed by atoms with van der Waals surface area (Å²) in [5.41, 5.74) is 1.33. The number of phenolic OH excluding ortho intramolecular Hbond substituents is 1. The summed E-state index contributed by atoms with van der Waals surface area (Å²) in [4.78, 5) is 4.10. The first-order valence-corrected chi connectivity index (χ1v) is 4.07. The van der Waals surface area contributed by atoms with E-state index in [9.17, 15) is 5.11 Å². The Balaban J connectivity index is 2.79. The summed E-state index contributed by atoms with van der Waals surface area (Å²) in [6.07, 6.45) is 1.67. The molecule has 2 rings (SSSR count). The van der Waals surface area contributed by atoms with Gasteiger partial charge in [0.15, 0.2) is 5.75 Å². The quantitative estimate of drug-likeness (QED) is 0.650. The fraction of sp³-hybridized carbons (Fsp3) is 0.100. The van der Waals surface area contributed by atoms with E-state index < -0.39 is 0 Å². The van der Waals surface area contributed by atoms with Gasteiger partial charge in [0.2, 0.25) is 0 Å². The summed E-state index contributed by atoms with van der Waals surface area (Å²) in [6.45, 7) is 0. The molecule has 13 heavy (non-hydrogen) atoms. The van der Waals surface area contributed by atoms with E-state index in [2.05, 4.69) is 10.3 Å². The van der Waals surface area contributed by atoms with Crippen molar-refractivity contribution in [1.82, 2.24) is 4.98 Å². The van der Waals surface area contributed by atoms with Gasteiger partial charge in [0, 0.05) is 18.6 Å². The Bertz CT molecular complexity index is 440. The molecular weight excluding hydrogens is 164 g/mol. The van der Waals surface area contributed by atoms with Crippen molar-refractivity contribution in [2.24, 2.45) is 0 Å². The van der Waals surface area contributed by atoms with Crippen molar-refractivity contribution in [3.8, 4) is 5.75 Å². The summed E-state index contributed by atoms with van der Waals surface area (Å²) >= 11 is 0. The molecule has 1 aromatic heterocycles. The van der Waals surface area contributed by atoms with E-state index >= 15 is 0 Å². The number of hydrogen-bond donors (Lipinski definition) is 2. The maximum atomic E-state index is 9.72. The SMILES string of the molecule is CNc1ccc2cccnc2c1O. The fourth-order valence-corrected chi connectivity index (χ4v) is 1.33. The fourth-order valence-electron chi connectivity index (χ4n) is 1.33. The average Bonchev–Trinajstić information content (AvgIpc) is 2.19. The van der Waals surface area contributed by atoms with E-state index in [4.69, 9.17) is 0 Å². The van der Waals surface area contributed by atoms with Gasteiger partial charge in [-0.25, -0.2) is 0 Å². The maximum absolute atomic E-state index is 9.72. The number of anilines is 1. The van der Waals surface area contributed by atoms with Gasteiger partial charge in [-0.15, -0.1) is 0 Å². The minimum atomic E-state index is 0.209. The Kier molecular flexibility index (Phi) is 1.77. The molecule has 0 saturated carbocycles. The third-order valence-electron chi connectivity index (χ3n) is 2.02. The summed E-state index contributed by atoms with van der Waals surface area (Å²) < 4.78 is 0. The van der Waals surface area contributed by atoms with Crippen molar-refractivity contribution in [3.05, 3.63) is 30.5 Å². The van der Waals surface area contributed by atoms with Crippen LogP contribution in [-0.2, 0) is 0 Å². The predicted molar refractivity (Wildman–Crippen MR) is 53.0 cm³/mol. The minimum absolute atomic E-state index is 0.209. The Morgan fingerprint density at radius 3 is 2.92 bits per heavy atom. The monoisotopic (exact) mass is 174 g/mol. The first-order valence-electron chi connectivity index (χ1n) is 4.07. The van der Waals surface area contributed by atoms with Crippen LogP contribution in [0.15, 0.2) is 30.5 Å². The number of hydrogen-bond acceptors (Lipinski definition) is 3. The molecule has 1 aromatic carbocycles. The summed E-state index contributed by atoms with van der Waals surface area (Å²) in [7, 11) is 1.77. The molecule has 0 saturated heterocycles. The first-order chi connectivity index (χ1) is 6.33. The van der Waals surface area contributed by atoms with E-state index in [-0.39, 0.29) is 5.75 Å². The number of aromatic nitrogens is 1. The van der Waals surface area contributed by atoms with Gasteiger partial charge < -0.3 is 10.4 Å². The molecule has 0 atom stereocenters. The molecule has 0 unspecified atom stereocenters. The number of rotatable bonds is 1. The van der Waals surface area contributed by atoms with Gasteiger partial charge in [0.1, 0.15) is 5.52 Å². The van der Waals surface area contributed by atoms with Crippen LogP contribution in [0.25, 0.3) is 10.9 Å². The molecule has 2 aromatic rings. The lowest BCUT2D eigenvalue weighted by Gasteiger charge is -2.05. The molecule has 0 aliphatic carbocycles. The number of benzene rings is 1.